The predicted octanol–water partition coefficient (Wildman–Crippen LogP) is 0.593. The molecule has 0 saturated carbocycles. The smallest absolute Gasteiger partial charge is 0.0126 e. The molecule has 0 aliphatic rings. The summed E-state index contributed by atoms with van der Waals surface area (Å²) in [6.45, 7) is 0. The molecule has 0 amide bonds. The van der Waals surface area contributed by atoms with Crippen LogP contribution in [0.2, 0.25) is 0 Å². The molecule has 0 saturated heterocycles. The van der Waals surface area contributed by atoms with Gasteiger partial charge in [0.05, 0.1) is 0 Å². The molecule has 0 N–H and O–H groups in total. The Balaban J connectivity index is 2.32. The molecule has 27 valence electrons. The maximum atomic E-state index is 9.59. The Morgan fingerprint density at radius 2 is 1.50 bits per heavy atom. The Bertz CT molecular complexity index is 10.8. The van der Waals surface area contributed by atoms with E-state index in [0.29, 0.717) is 0 Å². The second-order valence-corrected chi connectivity index (χ2v) is 2.44. The molecule has 0 aliphatic carbocycles. The van der Waals surface area contributed by atoms with Crippen molar-refractivity contribution < 1.29 is 4.55 Å². The summed E-state index contributed by atoms with van der Waals surface area (Å²) in [6.07, 6.45) is 3.35. The van der Waals surface area contributed by atoms with E-state index < -0.39 is 11.2 Å². The molecule has 0 aromatic rings. The van der Waals surface area contributed by atoms with Crippen molar-refractivity contribution in [3.05, 3.63) is 0 Å². The van der Waals surface area contributed by atoms with Crippen molar-refractivity contribution in [1.82, 2.24) is 0 Å². The van der Waals surface area contributed by atoms with Crippen LogP contribution in [0.5, 0.6) is 0 Å². The van der Waals surface area contributed by atoms with Crippen LogP contribution in [0.25, 0.3) is 0 Å². The van der Waals surface area contributed by atoms with Gasteiger partial charge in [-0.2, -0.15) is 4.55 Å². The van der Waals surface area contributed by atoms with E-state index >= 15 is 0 Å². The zero-order valence-corrected chi connectivity index (χ0v) is 3.75. The van der Waals surface area contributed by atoms with Gasteiger partial charge in [0.2, 0.25) is 0 Å². The van der Waals surface area contributed by atoms with Gasteiger partial charge in [-0.3, -0.25) is 0 Å². The largest absolute Gasteiger partial charge is 0.178 e. The van der Waals surface area contributed by atoms with Crippen LogP contribution in [0, 0.1) is 0 Å². The molecule has 0 rings (SSSR count). The summed E-state index contributed by atoms with van der Waals surface area (Å²) < 4.78 is 9.59. The van der Waals surface area contributed by atoms with Crippen molar-refractivity contribution in [2.45, 2.75) is 0 Å². The van der Waals surface area contributed by atoms with Crippen molar-refractivity contribution in [2.24, 2.45) is 0 Å². The lowest BCUT2D eigenvalue weighted by Crippen LogP contribution is -1.54. The molecule has 0 aromatic carbocycles. The molecule has 4 heavy (non-hydrogen) atoms. The highest BCUT2D eigenvalue weighted by molar-refractivity contribution is 8.10. The third-order valence-corrected chi connectivity index (χ3v) is 0. The standard InChI is InChI=1S/C2H7OS/c1-4(2)3/h4H,1-2H3. The van der Waals surface area contributed by atoms with E-state index in [1.807, 2.05) is 0 Å². The average Bonchev–Trinajstić information content (AvgIpc) is 0.811. The molecular formula is C2H7OS. The van der Waals surface area contributed by atoms with Crippen molar-refractivity contribution in [3.8, 4) is 0 Å². The lowest BCUT2D eigenvalue weighted by atomic mass is 11.9. The van der Waals surface area contributed by atoms with Crippen molar-refractivity contribution in [2.75, 3.05) is 12.5 Å². The Morgan fingerprint density at radius 1 is 1.50 bits per heavy atom. The first-order chi connectivity index (χ1) is 1.73. The first-order valence-electron chi connectivity index (χ1n) is 1.08. The molecule has 0 spiro atoms. The van der Waals surface area contributed by atoms with E-state index in [0.717, 1.165) is 0 Å². The fourth-order valence-corrected chi connectivity index (χ4v) is 0. The molecule has 1 nitrogen and oxygen atoms in total. The topological polar surface area (TPSA) is 19.9 Å². The van der Waals surface area contributed by atoms with E-state index in [-0.39, 0.29) is 0 Å². The molecule has 0 bridgehead atoms. The zero-order valence-electron chi connectivity index (χ0n) is 2.86. The first-order valence-corrected chi connectivity index (χ1v) is 3.23. The summed E-state index contributed by atoms with van der Waals surface area (Å²) in [5.41, 5.74) is 0. The van der Waals surface area contributed by atoms with Crippen LogP contribution in [0.1, 0.15) is 0 Å². The van der Waals surface area contributed by atoms with Gasteiger partial charge in [0.25, 0.3) is 0 Å². The van der Waals surface area contributed by atoms with Gasteiger partial charge in [0, 0.05) is 0 Å². The summed E-state index contributed by atoms with van der Waals surface area (Å²) in [5.74, 6) is 0. The summed E-state index contributed by atoms with van der Waals surface area (Å²) >= 11 is -0.870. The Hall–Kier alpha value is 0.310. The van der Waals surface area contributed by atoms with E-state index in [4.69, 9.17) is 0 Å². The second-order valence-electron chi connectivity index (χ2n) is 0.812. The minimum Gasteiger partial charge on any atom is -0.178 e. The summed E-state index contributed by atoms with van der Waals surface area (Å²) in [7, 11) is 0. The quantitative estimate of drug-likeness (QED) is 0.410. The van der Waals surface area contributed by atoms with Gasteiger partial charge in [0.15, 0.2) is 0 Å². The van der Waals surface area contributed by atoms with Gasteiger partial charge in [-0.05, 0) is 12.5 Å². The van der Waals surface area contributed by atoms with Crippen LogP contribution in [0.3, 0.4) is 0 Å². The molecular weight excluding hydrogens is 72.1 g/mol. The molecule has 0 aliphatic heterocycles. The minimum atomic E-state index is -0.870. The monoisotopic (exact) mass is 79.0 g/mol. The van der Waals surface area contributed by atoms with Crippen LogP contribution in [0.15, 0.2) is 0 Å². The number of rotatable bonds is 0. The van der Waals surface area contributed by atoms with Crippen molar-refractivity contribution >= 4 is 11.2 Å². The highest BCUT2D eigenvalue weighted by atomic mass is 32.2. The Labute approximate surface area is 29.2 Å². The molecule has 1 radical (unpaired) electrons. The summed E-state index contributed by atoms with van der Waals surface area (Å²) in [6, 6.07) is 0. The van der Waals surface area contributed by atoms with Gasteiger partial charge in [-0.1, -0.05) is 0 Å². The minimum absolute atomic E-state index is 0.870. The van der Waals surface area contributed by atoms with Crippen LogP contribution < -0.4 is 0 Å². The van der Waals surface area contributed by atoms with Crippen LogP contribution in [-0.4, -0.2) is 12.5 Å². The lowest BCUT2D eigenvalue weighted by molar-refractivity contribution is 0.525. The van der Waals surface area contributed by atoms with Crippen LogP contribution >= 0.6 is 11.2 Å². The number of thiol groups is 1. The molecule has 0 unspecified atom stereocenters. The first kappa shape index (κ1) is 4.31. The molecule has 0 atom stereocenters. The van der Waals surface area contributed by atoms with Gasteiger partial charge in [-0.15, -0.1) is 11.2 Å². The highest BCUT2D eigenvalue weighted by Gasteiger charge is 1.64. The van der Waals surface area contributed by atoms with Gasteiger partial charge < -0.3 is 0 Å². The second kappa shape index (κ2) is 1.61. The van der Waals surface area contributed by atoms with Crippen LogP contribution in [-0.2, 0) is 4.55 Å². The fourth-order valence-electron chi connectivity index (χ4n) is 0. The van der Waals surface area contributed by atoms with E-state index in [2.05, 4.69) is 0 Å². The highest BCUT2D eigenvalue weighted by Crippen LogP contribution is 2.02. The normalized spacial score (nSPS) is 11.2. The molecule has 0 fully saturated rings. The maximum Gasteiger partial charge on any atom is -0.0126 e. The number of hydrogen-bond acceptors (Lipinski definition) is 0. The van der Waals surface area contributed by atoms with Crippen LogP contribution in [0.4, 0.5) is 0 Å². The average molecular weight is 79.1 g/mol. The van der Waals surface area contributed by atoms with Crippen molar-refractivity contribution in [1.29, 1.82) is 0 Å². The van der Waals surface area contributed by atoms with E-state index in [1.54, 1.807) is 12.5 Å². The lowest BCUT2D eigenvalue weighted by Gasteiger charge is -1.83. The molecule has 2 heteroatoms. The third kappa shape index (κ3) is 41.3. The fraction of sp³-hybridized carbons (Fsp3) is 1.00. The van der Waals surface area contributed by atoms with Gasteiger partial charge in [-0.25, -0.2) is 0 Å². The zero-order chi connectivity index (χ0) is 3.58. The third-order valence-electron chi connectivity index (χ3n) is 0. The molecule has 0 heterocycles. The maximum absolute atomic E-state index is 9.59. The summed E-state index contributed by atoms with van der Waals surface area (Å²) in [5, 5.41) is 0. The van der Waals surface area contributed by atoms with E-state index in [1.165, 1.54) is 0 Å². The van der Waals surface area contributed by atoms with E-state index in [9.17, 15) is 4.55 Å². The predicted molar refractivity (Wildman–Crippen MR) is 21.5 cm³/mol. The number of hydrogen-bond donors (Lipinski definition) is 1. The van der Waals surface area contributed by atoms with Gasteiger partial charge in [0.1, 0.15) is 0 Å². The molecule has 0 aromatic heterocycles. The summed E-state index contributed by atoms with van der Waals surface area (Å²) in [4.78, 5) is 0. The Morgan fingerprint density at radius 3 is 1.50 bits per heavy atom. The van der Waals surface area contributed by atoms with Gasteiger partial charge >= 0.3 is 0 Å². The van der Waals surface area contributed by atoms with Crippen molar-refractivity contribution in [3.63, 3.8) is 0 Å². The Kier molecular flexibility index (Phi) is 1.74. The SMILES string of the molecule is C[SH](C)[O].